The first-order valence-electron chi connectivity index (χ1n) is 5.71. The zero-order valence-electron chi connectivity index (χ0n) is 10.2. The molecule has 0 amide bonds. The van der Waals surface area contributed by atoms with Crippen molar-refractivity contribution in [2.75, 3.05) is 13.7 Å². The highest BCUT2D eigenvalue weighted by Gasteiger charge is 2.07. The number of aromatic nitrogens is 1. The van der Waals surface area contributed by atoms with E-state index in [4.69, 9.17) is 4.74 Å². The molecule has 5 heteroatoms. The van der Waals surface area contributed by atoms with E-state index < -0.39 is 13.0 Å². The molecular formula is C12H18F2N2O. The van der Waals surface area contributed by atoms with Gasteiger partial charge in [0.15, 0.2) is 6.61 Å². The van der Waals surface area contributed by atoms with Gasteiger partial charge in [0.25, 0.3) is 6.43 Å². The van der Waals surface area contributed by atoms with Gasteiger partial charge in [0.1, 0.15) is 0 Å². The SMILES string of the molecule is CCCc1cc(CNC)cc(OCC(F)F)n1. The van der Waals surface area contributed by atoms with Crippen LogP contribution in [-0.2, 0) is 13.0 Å². The topological polar surface area (TPSA) is 34.1 Å². The van der Waals surface area contributed by atoms with Crippen LogP contribution >= 0.6 is 0 Å². The van der Waals surface area contributed by atoms with Crippen LogP contribution in [0.4, 0.5) is 8.78 Å². The maximum atomic E-state index is 12.1. The van der Waals surface area contributed by atoms with Gasteiger partial charge in [-0.1, -0.05) is 13.3 Å². The molecule has 0 spiro atoms. The summed E-state index contributed by atoms with van der Waals surface area (Å²) in [5.41, 5.74) is 1.87. The van der Waals surface area contributed by atoms with Crippen molar-refractivity contribution in [2.24, 2.45) is 0 Å². The molecular weight excluding hydrogens is 226 g/mol. The lowest BCUT2D eigenvalue weighted by Gasteiger charge is -2.09. The van der Waals surface area contributed by atoms with E-state index in [-0.39, 0.29) is 5.88 Å². The van der Waals surface area contributed by atoms with E-state index >= 15 is 0 Å². The first-order valence-corrected chi connectivity index (χ1v) is 5.71. The van der Waals surface area contributed by atoms with Gasteiger partial charge in [0.05, 0.1) is 0 Å². The summed E-state index contributed by atoms with van der Waals surface area (Å²) in [6.45, 7) is 2.11. The molecule has 0 aliphatic rings. The molecule has 1 heterocycles. The fourth-order valence-electron chi connectivity index (χ4n) is 1.53. The summed E-state index contributed by atoms with van der Waals surface area (Å²) in [7, 11) is 1.83. The summed E-state index contributed by atoms with van der Waals surface area (Å²) in [5, 5.41) is 3.01. The summed E-state index contributed by atoms with van der Waals surface area (Å²) >= 11 is 0. The summed E-state index contributed by atoms with van der Waals surface area (Å²) in [5.74, 6) is 0.279. The lowest BCUT2D eigenvalue weighted by molar-refractivity contribution is 0.0794. The molecule has 17 heavy (non-hydrogen) atoms. The molecule has 0 unspecified atom stereocenters. The van der Waals surface area contributed by atoms with Crippen molar-refractivity contribution in [3.8, 4) is 5.88 Å². The van der Waals surface area contributed by atoms with Gasteiger partial charge >= 0.3 is 0 Å². The molecule has 0 saturated carbocycles. The van der Waals surface area contributed by atoms with E-state index in [1.165, 1.54) is 0 Å². The standard InChI is InChI=1S/C12H18F2N2O/c1-3-4-10-5-9(7-15-2)6-12(16-10)17-8-11(13)14/h5-6,11,15H,3-4,7-8H2,1-2H3. The molecule has 1 N–H and O–H groups in total. The quantitative estimate of drug-likeness (QED) is 0.799. The third kappa shape index (κ3) is 5.08. The Hall–Kier alpha value is -1.23. The molecule has 0 fully saturated rings. The van der Waals surface area contributed by atoms with E-state index in [1.54, 1.807) is 6.07 Å². The van der Waals surface area contributed by atoms with Crippen LogP contribution in [0.25, 0.3) is 0 Å². The van der Waals surface area contributed by atoms with E-state index in [0.717, 1.165) is 24.1 Å². The van der Waals surface area contributed by atoms with Crippen LogP contribution < -0.4 is 10.1 Å². The average Bonchev–Trinajstić information content (AvgIpc) is 2.27. The zero-order chi connectivity index (χ0) is 12.7. The molecule has 0 saturated heterocycles. The van der Waals surface area contributed by atoms with Crippen molar-refractivity contribution in [1.29, 1.82) is 0 Å². The maximum absolute atomic E-state index is 12.1. The van der Waals surface area contributed by atoms with Crippen molar-refractivity contribution in [2.45, 2.75) is 32.7 Å². The molecule has 0 aliphatic carbocycles. The number of alkyl halides is 2. The first kappa shape index (κ1) is 13.8. The van der Waals surface area contributed by atoms with Gasteiger partial charge in [-0.3, -0.25) is 0 Å². The molecule has 1 aromatic rings. The lowest BCUT2D eigenvalue weighted by Crippen LogP contribution is -2.11. The van der Waals surface area contributed by atoms with Crippen molar-refractivity contribution >= 4 is 0 Å². The molecule has 0 aliphatic heterocycles. The van der Waals surface area contributed by atoms with Crippen LogP contribution in [0.2, 0.25) is 0 Å². The van der Waals surface area contributed by atoms with Crippen LogP contribution in [0.3, 0.4) is 0 Å². The van der Waals surface area contributed by atoms with E-state index in [1.807, 2.05) is 20.0 Å². The maximum Gasteiger partial charge on any atom is 0.272 e. The fraction of sp³-hybridized carbons (Fsp3) is 0.583. The third-order valence-electron chi connectivity index (χ3n) is 2.16. The van der Waals surface area contributed by atoms with Crippen LogP contribution in [0.15, 0.2) is 12.1 Å². The highest BCUT2D eigenvalue weighted by molar-refractivity contribution is 5.25. The molecule has 1 rings (SSSR count). The number of pyridine rings is 1. The minimum absolute atomic E-state index is 0.279. The molecule has 0 atom stereocenters. The number of rotatable bonds is 7. The van der Waals surface area contributed by atoms with Crippen LogP contribution in [-0.4, -0.2) is 25.1 Å². The smallest absolute Gasteiger partial charge is 0.272 e. The van der Waals surface area contributed by atoms with Crippen molar-refractivity contribution in [1.82, 2.24) is 10.3 Å². The molecule has 3 nitrogen and oxygen atoms in total. The van der Waals surface area contributed by atoms with Gasteiger partial charge in [-0.25, -0.2) is 13.8 Å². The predicted molar refractivity (Wildman–Crippen MR) is 62.5 cm³/mol. The number of nitrogens with one attached hydrogen (secondary N) is 1. The Balaban J connectivity index is 2.79. The lowest BCUT2D eigenvalue weighted by atomic mass is 10.1. The Bertz CT molecular complexity index is 321. The molecule has 96 valence electrons. The van der Waals surface area contributed by atoms with Gasteiger partial charge in [-0.05, 0) is 25.1 Å². The van der Waals surface area contributed by atoms with Crippen molar-refractivity contribution in [3.63, 3.8) is 0 Å². The van der Waals surface area contributed by atoms with Crippen molar-refractivity contribution in [3.05, 3.63) is 23.4 Å². The number of halogens is 2. The van der Waals surface area contributed by atoms with Crippen LogP contribution in [0.1, 0.15) is 24.6 Å². The van der Waals surface area contributed by atoms with Crippen molar-refractivity contribution < 1.29 is 13.5 Å². The van der Waals surface area contributed by atoms with Gasteiger partial charge < -0.3 is 10.1 Å². The molecule has 0 radical (unpaired) electrons. The summed E-state index contributed by atoms with van der Waals surface area (Å²) in [6, 6.07) is 3.66. The molecule has 0 aromatic carbocycles. The Morgan fingerprint density at radius 2 is 2.18 bits per heavy atom. The van der Waals surface area contributed by atoms with Gasteiger partial charge in [0, 0.05) is 18.3 Å². The summed E-state index contributed by atoms with van der Waals surface area (Å²) in [6.07, 6.45) is -0.688. The number of ether oxygens (including phenoxy) is 1. The second-order valence-electron chi connectivity index (χ2n) is 3.79. The van der Waals surface area contributed by atoms with E-state index in [2.05, 4.69) is 10.3 Å². The minimum atomic E-state index is -2.47. The summed E-state index contributed by atoms with van der Waals surface area (Å²) < 4.78 is 29.1. The number of nitrogens with zero attached hydrogens (tertiary/aromatic N) is 1. The largest absolute Gasteiger partial charge is 0.472 e. The molecule has 1 aromatic heterocycles. The Morgan fingerprint density at radius 1 is 1.41 bits per heavy atom. The van der Waals surface area contributed by atoms with Gasteiger partial charge in [0.2, 0.25) is 5.88 Å². The monoisotopic (exact) mass is 244 g/mol. The third-order valence-corrected chi connectivity index (χ3v) is 2.16. The first-order chi connectivity index (χ1) is 8.15. The van der Waals surface area contributed by atoms with E-state index in [9.17, 15) is 8.78 Å². The zero-order valence-corrected chi connectivity index (χ0v) is 10.2. The predicted octanol–water partition coefficient (Wildman–Crippen LogP) is 2.40. The Morgan fingerprint density at radius 3 is 2.76 bits per heavy atom. The molecule has 0 bridgehead atoms. The average molecular weight is 244 g/mol. The number of hydrogen-bond donors (Lipinski definition) is 1. The van der Waals surface area contributed by atoms with E-state index in [0.29, 0.717) is 6.54 Å². The Kier molecular flexibility index (Phi) is 5.83. The van der Waals surface area contributed by atoms with Crippen LogP contribution in [0, 0.1) is 0 Å². The highest BCUT2D eigenvalue weighted by Crippen LogP contribution is 2.15. The second-order valence-corrected chi connectivity index (χ2v) is 3.79. The highest BCUT2D eigenvalue weighted by atomic mass is 19.3. The van der Waals surface area contributed by atoms with Gasteiger partial charge in [-0.2, -0.15) is 0 Å². The Labute approximate surface area is 100 Å². The minimum Gasteiger partial charge on any atom is -0.472 e. The number of aryl methyl sites for hydroxylation is 1. The number of hydrogen-bond acceptors (Lipinski definition) is 3. The summed E-state index contributed by atoms with van der Waals surface area (Å²) in [4.78, 5) is 4.19. The normalized spacial score (nSPS) is 10.9. The van der Waals surface area contributed by atoms with Crippen LogP contribution in [0.5, 0.6) is 5.88 Å². The van der Waals surface area contributed by atoms with Gasteiger partial charge in [-0.15, -0.1) is 0 Å². The fourth-order valence-corrected chi connectivity index (χ4v) is 1.53. The second kappa shape index (κ2) is 7.17.